The van der Waals surface area contributed by atoms with Crippen LogP contribution in [0.2, 0.25) is 0 Å². The minimum absolute atomic E-state index is 0.437. The maximum atomic E-state index is 3.69. The summed E-state index contributed by atoms with van der Waals surface area (Å²) in [6.07, 6.45) is 3.78. The lowest BCUT2D eigenvalue weighted by Gasteiger charge is -2.27. The fourth-order valence-corrected chi connectivity index (χ4v) is 3.34. The Balaban J connectivity index is 2.47. The van der Waals surface area contributed by atoms with Crippen LogP contribution in [0.5, 0.6) is 0 Å². The van der Waals surface area contributed by atoms with Gasteiger partial charge < -0.3 is 5.32 Å². The summed E-state index contributed by atoms with van der Waals surface area (Å²) in [5, 5.41) is 3.69. The van der Waals surface area contributed by atoms with Crippen LogP contribution in [0.1, 0.15) is 61.9 Å². The Hall–Kier alpha value is -0.820. The second kappa shape index (κ2) is 5.05. The minimum atomic E-state index is 0.437. The molecule has 1 aromatic carbocycles. The van der Waals surface area contributed by atoms with Crippen molar-refractivity contribution in [3.05, 3.63) is 34.4 Å². The molecule has 0 aromatic heterocycles. The van der Waals surface area contributed by atoms with Gasteiger partial charge in [-0.2, -0.15) is 0 Å². The van der Waals surface area contributed by atoms with Gasteiger partial charge in [-0.15, -0.1) is 0 Å². The molecule has 1 aromatic rings. The van der Waals surface area contributed by atoms with Crippen LogP contribution < -0.4 is 5.32 Å². The molecule has 0 amide bonds. The summed E-state index contributed by atoms with van der Waals surface area (Å²) in [6, 6.07) is 5.26. The van der Waals surface area contributed by atoms with Crippen molar-refractivity contribution >= 4 is 0 Å². The number of fused-ring (bicyclic) bond motifs is 1. The highest BCUT2D eigenvalue weighted by molar-refractivity contribution is 5.41. The number of rotatable bonds is 2. The van der Waals surface area contributed by atoms with E-state index in [4.69, 9.17) is 0 Å². The van der Waals surface area contributed by atoms with E-state index in [0.717, 1.165) is 6.54 Å². The van der Waals surface area contributed by atoms with E-state index in [1.807, 2.05) is 0 Å². The van der Waals surface area contributed by atoms with Crippen molar-refractivity contribution in [2.75, 3.05) is 6.54 Å². The van der Waals surface area contributed by atoms with Crippen LogP contribution in [-0.4, -0.2) is 6.54 Å². The van der Waals surface area contributed by atoms with Crippen LogP contribution in [0.25, 0.3) is 0 Å². The Bertz CT molecular complexity index is 431. The number of hydrogen-bond donors (Lipinski definition) is 1. The monoisotopic (exact) mass is 245 g/mol. The minimum Gasteiger partial charge on any atom is -0.310 e. The van der Waals surface area contributed by atoms with Crippen molar-refractivity contribution in [3.8, 4) is 0 Å². The number of benzene rings is 1. The van der Waals surface area contributed by atoms with Crippen LogP contribution >= 0.6 is 0 Å². The van der Waals surface area contributed by atoms with Gasteiger partial charge in [0.1, 0.15) is 0 Å². The molecular formula is C17H27N. The Morgan fingerprint density at radius 2 is 2.00 bits per heavy atom. The zero-order valence-electron chi connectivity index (χ0n) is 12.6. The SMILES string of the molecule is CCNC1CC(C)(C)CCc2c(C)cc(C)cc21. The molecule has 1 aliphatic carbocycles. The van der Waals surface area contributed by atoms with Crippen LogP contribution in [-0.2, 0) is 6.42 Å². The molecule has 0 aliphatic heterocycles. The summed E-state index contributed by atoms with van der Waals surface area (Å²) in [5.74, 6) is 0. The first-order chi connectivity index (χ1) is 8.43. The maximum Gasteiger partial charge on any atom is 0.0328 e. The van der Waals surface area contributed by atoms with Crippen LogP contribution in [0, 0.1) is 19.3 Å². The van der Waals surface area contributed by atoms with Crippen molar-refractivity contribution in [2.45, 2.75) is 59.9 Å². The molecule has 2 rings (SSSR count). The fourth-order valence-electron chi connectivity index (χ4n) is 3.34. The average Bonchev–Trinajstić information content (AvgIpc) is 2.37. The Morgan fingerprint density at radius 3 is 2.67 bits per heavy atom. The number of hydrogen-bond acceptors (Lipinski definition) is 1. The summed E-state index contributed by atoms with van der Waals surface area (Å²) in [7, 11) is 0. The second-order valence-electron chi connectivity index (χ2n) is 6.63. The van der Waals surface area contributed by atoms with Gasteiger partial charge in [0.25, 0.3) is 0 Å². The van der Waals surface area contributed by atoms with Gasteiger partial charge in [0, 0.05) is 6.04 Å². The van der Waals surface area contributed by atoms with Crippen LogP contribution in [0.15, 0.2) is 12.1 Å². The summed E-state index contributed by atoms with van der Waals surface area (Å²) < 4.78 is 0. The molecular weight excluding hydrogens is 218 g/mol. The number of nitrogens with one attached hydrogen (secondary N) is 1. The molecule has 0 spiro atoms. The van der Waals surface area contributed by atoms with E-state index in [9.17, 15) is 0 Å². The molecule has 0 saturated heterocycles. The van der Waals surface area contributed by atoms with Gasteiger partial charge in [0.2, 0.25) is 0 Å². The van der Waals surface area contributed by atoms with Gasteiger partial charge >= 0.3 is 0 Å². The van der Waals surface area contributed by atoms with Crippen LogP contribution in [0.4, 0.5) is 0 Å². The van der Waals surface area contributed by atoms with Crippen molar-refractivity contribution in [3.63, 3.8) is 0 Å². The topological polar surface area (TPSA) is 12.0 Å². The summed E-state index contributed by atoms with van der Waals surface area (Å²) in [6.45, 7) is 12.6. The average molecular weight is 245 g/mol. The zero-order chi connectivity index (χ0) is 13.3. The lowest BCUT2D eigenvalue weighted by molar-refractivity contribution is 0.275. The smallest absolute Gasteiger partial charge is 0.0328 e. The number of aryl methyl sites for hydroxylation is 2. The van der Waals surface area contributed by atoms with Gasteiger partial charge in [0.15, 0.2) is 0 Å². The predicted molar refractivity (Wildman–Crippen MR) is 79.1 cm³/mol. The van der Waals surface area contributed by atoms with Crippen molar-refractivity contribution < 1.29 is 0 Å². The van der Waals surface area contributed by atoms with Gasteiger partial charge in [-0.3, -0.25) is 0 Å². The first-order valence-electron chi connectivity index (χ1n) is 7.26. The molecule has 18 heavy (non-hydrogen) atoms. The van der Waals surface area contributed by atoms with E-state index in [1.54, 1.807) is 11.1 Å². The molecule has 1 aliphatic rings. The van der Waals surface area contributed by atoms with E-state index in [0.29, 0.717) is 11.5 Å². The van der Waals surface area contributed by atoms with Gasteiger partial charge in [-0.25, -0.2) is 0 Å². The van der Waals surface area contributed by atoms with Gasteiger partial charge in [-0.05, 0) is 61.8 Å². The third-order valence-corrected chi connectivity index (χ3v) is 4.29. The summed E-state index contributed by atoms with van der Waals surface area (Å²) in [5.41, 5.74) is 6.46. The first-order valence-corrected chi connectivity index (χ1v) is 7.26. The summed E-state index contributed by atoms with van der Waals surface area (Å²) in [4.78, 5) is 0. The Morgan fingerprint density at radius 1 is 1.28 bits per heavy atom. The fraction of sp³-hybridized carbons (Fsp3) is 0.647. The molecule has 0 bridgehead atoms. The highest BCUT2D eigenvalue weighted by Crippen LogP contribution is 2.40. The molecule has 1 atom stereocenters. The van der Waals surface area contributed by atoms with Gasteiger partial charge in [-0.1, -0.05) is 38.5 Å². The van der Waals surface area contributed by atoms with E-state index in [1.165, 1.54) is 30.4 Å². The highest BCUT2D eigenvalue weighted by atomic mass is 14.9. The maximum absolute atomic E-state index is 3.69. The third kappa shape index (κ3) is 2.77. The molecule has 100 valence electrons. The van der Waals surface area contributed by atoms with Gasteiger partial charge in [0.05, 0.1) is 0 Å². The summed E-state index contributed by atoms with van der Waals surface area (Å²) >= 11 is 0. The van der Waals surface area contributed by atoms with E-state index in [-0.39, 0.29) is 0 Å². The van der Waals surface area contributed by atoms with Crippen molar-refractivity contribution in [2.24, 2.45) is 5.41 Å². The largest absolute Gasteiger partial charge is 0.310 e. The van der Waals surface area contributed by atoms with Crippen LogP contribution in [0.3, 0.4) is 0 Å². The molecule has 0 radical (unpaired) electrons. The Kier molecular flexibility index (Phi) is 3.82. The lowest BCUT2D eigenvalue weighted by Crippen LogP contribution is -2.25. The Labute approximate surface area is 112 Å². The lowest BCUT2D eigenvalue weighted by atomic mass is 9.83. The first kappa shape index (κ1) is 13.6. The molecule has 0 heterocycles. The van der Waals surface area contributed by atoms with E-state index >= 15 is 0 Å². The molecule has 1 heteroatoms. The van der Waals surface area contributed by atoms with Crippen molar-refractivity contribution in [1.29, 1.82) is 0 Å². The normalized spacial score (nSPS) is 22.4. The molecule has 1 N–H and O–H groups in total. The standard InChI is InChI=1S/C17H27N/c1-6-18-16-11-17(4,5)8-7-14-13(3)9-12(2)10-15(14)16/h9-10,16,18H,6-8,11H2,1-5H3. The van der Waals surface area contributed by atoms with E-state index in [2.05, 4.69) is 52.1 Å². The molecule has 1 nitrogen and oxygen atoms in total. The second-order valence-corrected chi connectivity index (χ2v) is 6.63. The highest BCUT2D eigenvalue weighted by Gasteiger charge is 2.29. The quantitative estimate of drug-likeness (QED) is 0.765. The molecule has 0 saturated carbocycles. The molecule has 0 fully saturated rings. The molecule has 1 unspecified atom stereocenters. The predicted octanol–water partition coefficient (Wildman–Crippen LogP) is 4.32. The van der Waals surface area contributed by atoms with Crippen molar-refractivity contribution in [1.82, 2.24) is 5.32 Å². The van der Waals surface area contributed by atoms with E-state index < -0.39 is 0 Å². The third-order valence-electron chi connectivity index (χ3n) is 4.29. The zero-order valence-corrected chi connectivity index (χ0v) is 12.6.